The number of nitrogens with two attached hydrogens (primary N) is 1. The van der Waals surface area contributed by atoms with Crippen LogP contribution in [0.4, 0.5) is 11.4 Å². The number of aromatic nitrogens is 4. The van der Waals surface area contributed by atoms with Crippen LogP contribution in [0.1, 0.15) is 39.5 Å². The molecule has 5 rings (SSSR count). The number of carbonyl (C=O) groups is 2. The summed E-state index contributed by atoms with van der Waals surface area (Å²) in [6.07, 6.45) is 3.35. The lowest BCUT2D eigenvalue weighted by atomic mass is 10.2. The number of nitrogen functional groups attached to an aromatic ring is 1. The fourth-order valence-electron chi connectivity index (χ4n) is 3.85. The molecule has 0 aliphatic carbocycles. The summed E-state index contributed by atoms with van der Waals surface area (Å²) in [6, 6.07) is 12.9. The van der Waals surface area contributed by atoms with Gasteiger partial charge in [-0.2, -0.15) is 5.10 Å². The van der Waals surface area contributed by atoms with Crippen LogP contribution in [0.2, 0.25) is 0 Å². The monoisotopic (exact) mass is 415 g/mol. The predicted molar refractivity (Wildman–Crippen MR) is 117 cm³/mol. The number of fused-ring (bicyclic) bond motifs is 3. The van der Waals surface area contributed by atoms with E-state index in [4.69, 9.17) is 5.73 Å². The zero-order valence-corrected chi connectivity index (χ0v) is 16.9. The number of hydrogen-bond acceptors (Lipinski definition) is 5. The van der Waals surface area contributed by atoms with E-state index in [-0.39, 0.29) is 23.6 Å². The van der Waals surface area contributed by atoms with Gasteiger partial charge in [0.05, 0.1) is 24.5 Å². The van der Waals surface area contributed by atoms with Crippen LogP contribution in [-0.2, 0) is 6.54 Å². The van der Waals surface area contributed by atoms with Crippen LogP contribution < -0.4 is 16.4 Å². The second-order valence-electron chi connectivity index (χ2n) is 7.69. The van der Waals surface area contributed by atoms with Crippen LogP contribution >= 0.6 is 0 Å². The number of rotatable bonds is 4. The topological polar surface area (TPSA) is 120 Å². The first kappa shape index (κ1) is 18.9. The van der Waals surface area contributed by atoms with E-state index in [0.717, 1.165) is 10.9 Å². The molecule has 4 heterocycles. The Balaban J connectivity index is 1.37. The van der Waals surface area contributed by atoms with E-state index in [1.54, 1.807) is 29.2 Å². The standard InChI is InChI=1S/C22H21N7O2/c1-13-9-24-22(31)19-8-15-5-6-18(27-20(15)29(13)19)21(30)26-17-10-25-28(12-17)11-14-3-2-4-16(23)7-14/h2-8,10,12-13H,9,11,23H2,1H3,(H,24,31)(H,26,30). The largest absolute Gasteiger partial charge is 0.399 e. The number of amides is 2. The van der Waals surface area contributed by atoms with E-state index in [1.165, 1.54) is 0 Å². The van der Waals surface area contributed by atoms with Gasteiger partial charge in [0.2, 0.25) is 0 Å². The van der Waals surface area contributed by atoms with Crippen molar-refractivity contribution in [1.82, 2.24) is 24.6 Å². The first-order valence-corrected chi connectivity index (χ1v) is 9.96. The molecular weight excluding hydrogens is 394 g/mol. The Kier molecular flexibility index (Phi) is 4.43. The van der Waals surface area contributed by atoms with Crippen LogP contribution in [0.15, 0.2) is 54.9 Å². The maximum Gasteiger partial charge on any atom is 0.274 e. The SMILES string of the molecule is CC1CNC(=O)c2cc3ccc(C(=O)Nc4cnn(Cc5cccc(N)c5)c4)nc3n21. The Bertz CT molecular complexity index is 1320. The first-order chi connectivity index (χ1) is 15.0. The molecule has 0 bridgehead atoms. The molecule has 1 atom stereocenters. The van der Waals surface area contributed by atoms with Gasteiger partial charge in [0.1, 0.15) is 17.0 Å². The summed E-state index contributed by atoms with van der Waals surface area (Å²) >= 11 is 0. The average Bonchev–Trinajstić information content (AvgIpc) is 3.35. The maximum absolute atomic E-state index is 12.8. The minimum atomic E-state index is -0.339. The van der Waals surface area contributed by atoms with Crippen molar-refractivity contribution < 1.29 is 9.59 Å². The second-order valence-corrected chi connectivity index (χ2v) is 7.69. The number of benzene rings is 1. The van der Waals surface area contributed by atoms with Gasteiger partial charge in [-0.05, 0) is 42.8 Å². The van der Waals surface area contributed by atoms with Gasteiger partial charge >= 0.3 is 0 Å². The molecule has 4 N–H and O–H groups in total. The predicted octanol–water partition coefficient (Wildman–Crippen LogP) is 2.42. The highest BCUT2D eigenvalue weighted by Crippen LogP contribution is 2.25. The van der Waals surface area contributed by atoms with E-state index in [0.29, 0.717) is 35.8 Å². The van der Waals surface area contributed by atoms with E-state index in [2.05, 4.69) is 20.7 Å². The molecule has 1 aliphatic rings. The third kappa shape index (κ3) is 3.50. The molecule has 0 fully saturated rings. The highest BCUT2D eigenvalue weighted by atomic mass is 16.2. The average molecular weight is 415 g/mol. The number of hydrogen-bond donors (Lipinski definition) is 3. The summed E-state index contributed by atoms with van der Waals surface area (Å²) in [6.45, 7) is 3.08. The number of anilines is 2. The second kappa shape index (κ2) is 7.28. The highest BCUT2D eigenvalue weighted by Gasteiger charge is 2.25. The van der Waals surface area contributed by atoms with E-state index >= 15 is 0 Å². The van der Waals surface area contributed by atoms with Gasteiger partial charge in [-0.25, -0.2) is 4.98 Å². The summed E-state index contributed by atoms with van der Waals surface area (Å²) in [5.74, 6) is -0.469. The van der Waals surface area contributed by atoms with Crippen LogP contribution in [0.3, 0.4) is 0 Å². The summed E-state index contributed by atoms with van der Waals surface area (Å²) in [5, 5.41) is 10.8. The molecule has 1 unspecified atom stereocenters. The van der Waals surface area contributed by atoms with Crippen LogP contribution in [-0.4, -0.2) is 37.7 Å². The molecule has 0 saturated carbocycles. The third-order valence-electron chi connectivity index (χ3n) is 5.34. The van der Waals surface area contributed by atoms with Gasteiger partial charge in [-0.3, -0.25) is 14.3 Å². The number of nitrogens with one attached hydrogen (secondary N) is 2. The lowest BCUT2D eigenvalue weighted by Gasteiger charge is -2.23. The van der Waals surface area contributed by atoms with E-state index in [9.17, 15) is 9.59 Å². The van der Waals surface area contributed by atoms with E-state index < -0.39 is 0 Å². The summed E-state index contributed by atoms with van der Waals surface area (Å²) in [4.78, 5) is 29.5. The Morgan fingerprint density at radius 1 is 1.29 bits per heavy atom. The summed E-state index contributed by atoms with van der Waals surface area (Å²) in [5.41, 5.74) is 9.56. The fraction of sp³-hybridized carbons (Fsp3) is 0.182. The fourth-order valence-corrected chi connectivity index (χ4v) is 3.85. The highest BCUT2D eigenvalue weighted by molar-refractivity contribution is 6.04. The number of carbonyl (C=O) groups excluding carboxylic acids is 2. The molecule has 0 radical (unpaired) electrons. The number of pyridine rings is 1. The Morgan fingerprint density at radius 3 is 3.00 bits per heavy atom. The van der Waals surface area contributed by atoms with Gasteiger partial charge in [0.15, 0.2) is 0 Å². The Hall–Kier alpha value is -4.14. The molecule has 0 saturated heterocycles. The van der Waals surface area contributed by atoms with Crippen molar-refractivity contribution >= 4 is 34.2 Å². The third-order valence-corrected chi connectivity index (χ3v) is 5.34. The van der Waals surface area contributed by atoms with Gasteiger partial charge in [-0.15, -0.1) is 0 Å². The zero-order chi connectivity index (χ0) is 21.5. The van der Waals surface area contributed by atoms with Crippen LogP contribution in [0, 0.1) is 0 Å². The quantitative estimate of drug-likeness (QED) is 0.442. The van der Waals surface area contributed by atoms with Crippen molar-refractivity contribution in [2.24, 2.45) is 0 Å². The van der Waals surface area contributed by atoms with Gasteiger partial charge in [0, 0.05) is 23.8 Å². The molecule has 3 aromatic heterocycles. The zero-order valence-electron chi connectivity index (χ0n) is 16.9. The molecule has 1 aromatic carbocycles. The minimum Gasteiger partial charge on any atom is -0.399 e. The normalized spacial score (nSPS) is 15.5. The van der Waals surface area contributed by atoms with Crippen molar-refractivity contribution in [3.8, 4) is 0 Å². The van der Waals surface area contributed by atoms with Gasteiger partial charge in [0.25, 0.3) is 11.8 Å². The molecule has 0 spiro atoms. The van der Waals surface area contributed by atoms with Crippen LogP contribution in [0.5, 0.6) is 0 Å². The van der Waals surface area contributed by atoms with Crippen molar-refractivity contribution in [3.63, 3.8) is 0 Å². The molecule has 9 heteroatoms. The molecule has 1 aliphatic heterocycles. The van der Waals surface area contributed by atoms with Crippen molar-refractivity contribution in [1.29, 1.82) is 0 Å². The Labute approximate surface area is 177 Å². The van der Waals surface area contributed by atoms with Gasteiger partial charge < -0.3 is 20.9 Å². The smallest absolute Gasteiger partial charge is 0.274 e. The molecule has 2 amide bonds. The number of nitrogens with zero attached hydrogens (tertiary/aromatic N) is 4. The molecular formula is C22H21N7O2. The minimum absolute atomic E-state index is 0.0567. The van der Waals surface area contributed by atoms with Crippen LogP contribution in [0.25, 0.3) is 11.0 Å². The lowest BCUT2D eigenvalue weighted by Crippen LogP contribution is -2.37. The molecule has 156 valence electrons. The molecule has 4 aromatic rings. The summed E-state index contributed by atoms with van der Waals surface area (Å²) < 4.78 is 3.61. The van der Waals surface area contributed by atoms with Gasteiger partial charge in [-0.1, -0.05) is 12.1 Å². The molecule has 9 nitrogen and oxygen atoms in total. The van der Waals surface area contributed by atoms with E-state index in [1.807, 2.05) is 41.8 Å². The van der Waals surface area contributed by atoms with Crippen molar-refractivity contribution in [2.45, 2.75) is 19.5 Å². The summed E-state index contributed by atoms with van der Waals surface area (Å²) in [7, 11) is 0. The Morgan fingerprint density at radius 2 is 2.16 bits per heavy atom. The van der Waals surface area contributed by atoms with Crippen molar-refractivity contribution in [2.75, 3.05) is 17.6 Å². The van der Waals surface area contributed by atoms with Crippen molar-refractivity contribution in [3.05, 3.63) is 71.8 Å². The lowest BCUT2D eigenvalue weighted by molar-refractivity contribution is 0.0918. The maximum atomic E-state index is 12.8. The first-order valence-electron chi connectivity index (χ1n) is 9.96. The molecule has 31 heavy (non-hydrogen) atoms.